The summed E-state index contributed by atoms with van der Waals surface area (Å²) >= 11 is 1.52. The van der Waals surface area contributed by atoms with Gasteiger partial charge in [0.05, 0.1) is 12.7 Å². The number of hydrogen-bond acceptors (Lipinski definition) is 7. The van der Waals surface area contributed by atoms with Gasteiger partial charge in [0, 0.05) is 12.2 Å². The Labute approximate surface area is 154 Å². The summed E-state index contributed by atoms with van der Waals surface area (Å²) in [4.78, 5) is 4.48. The van der Waals surface area contributed by atoms with Crippen molar-refractivity contribution >= 4 is 22.9 Å². The van der Waals surface area contributed by atoms with Crippen LogP contribution in [0.3, 0.4) is 0 Å². The highest BCUT2D eigenvalue weighted by Gasteiger charge is 2.13. The summed E-state index contributed by atoms with van der Waals surface area (Å²) in [5.74, 6) is 2.77. The van der Waals surface area contributed by atoms with Crippen molar-refractivity contribution in [3.05, 3.63) is 54.4 Å². The van der Waals surface area contributed by atoms with Crippen molar-refractivity contribution in [3.8, 4) is 17.2 Å². The third kappa shape index (κ3) is 3.57. The maximum atomic E-state index is 5.73. The molecule has 0 saturated carbocycles. The Bertz CT molecular complexity index is 979. The minimum absolute atomic E-state index is 0.462. The van der Waals surface area contributed by atoms with Crippen LogP contribution in [0.25, 0.3) is 22.6 Å². The fourth-order valence-electron chi connectivity index (χ4n) is 2.61. The van der Waals surface area contributed by atoms with Crippen LogP contribution >= 0.6 is 11.8 Å². The van der Waals surface area contributed by atoms with E-state index in [4.69, 9.17) is 13.6 Å². The molecule has 2 aromatic carbocycles. The highest BCUT2D eigenvalue weighted by atomic mass is 32.2. The summed E-state index contributed by atoms with van der Waals surface area (Å²) in [6, 6.07) is 15.4. The number of ether oxygens (including phenoxy) is 1. The van der Waals surface area contributed by atoms with Gasteiger partial charge in [-0.1, -0.05) is 36.0 Å². The van der Waals surface area contributed by atoms with Gasteiger partial charge >= 0.3 is 0 Å². The van der Waals surface area contributed by atoms with Crippen LogP contribution in [0.2, 0.25) is 0 Å². The van der Waals surface area contributed by atoms with E-state index in [9.17, 15) is 0 Å². The maximum Gasteiger partial charge on any atom is 0.276 e. The molecule has 2 heterocycles. The lowest BCUT2D eigenvalue weighted by Gasteiger charge is -2.03. The zero-order valence-corrected chi connectivity index (χ0v) is 15.0. The van der Waals surface area contributed by atoms with Crippen molar-refractivity contribution in [2.24, 2.45) is 0 Å². The monoisotopic (exact) mass is 367 g/mol. The van der Waals surface area contributed by atoms with E-state index in [1.807, 2.05) is 48.5 Å². The van der Waals surface area contributed by atoms with E-state index in [1.54, 1.807) is 7.11 Å². The molecule has 4 rings (SSSR count). The molecule has 0 fully saturated rings. The SMILES string of the molecule is COc1ccccc1-c1nnc(SCCCc2nc3ccccc3o2)o1. The van der Waals surface area contributed by atoms with Crippen LogP contribution in [0.5, 0.6) is 5.75 Å². The number of oxazole rings is 1. The first kappa shape index (κ1) is 16.7. The van der Waals surface area contributed by atoms with Gasteiger partial charge in [0.15, 0.2) is 11.5 Å². The molecule has 0 aliphatic carbocycles. The lowest BCUT2D eigenvalue weighted by atomic mass is 10.2. The first-order valence-corrected chi connectivity index (χ1v) is 9.26. The number of para-hydroxylation sites is 3. The second-order valence-corrected chi connectivity index (χ2v) is 6.65. The van der Waals surface area contributed by atoms with Crippen LogP contribution in [0.4, 0.5) is 0 Å². The number of nitrogens with zero attached hydrogens (tertiary/aromatic N) is 3. The minimum atomic E-state index is 0.462. The summed E-state index contributed by atoms with van der Waals surface area (Å²) in [7, 11) is 1.62. The Morgan fingerprint density at radius 2 is 1.85 bits per heavy atom. The normalized spacial score (nSPS) is 11.1. The number of rotatable bonds is 7. The van der Waals surface area contributed by atoms with E-state index in [0.29, 0.717) is 16.9 Å². The number of aromatic nitrogens is 3. The van der Waals surface area contributed by atoms with Crippen molar-refractivity contribution in [1.29, 1.82) is 0 Å². The van der Waals surface area contributed by atoms with Crippen molar-refractivity contribution in [1.82, 2.24) is 15.2 Å². The molecule has 0 aliphatic heterocycles. The molecule has 0 spiro atoms. The standard InChI is InChI=1S/C19H17N3O3S/c1-23-15-9-4-2-7-13(15)18-21-22-19(25-18)26-12-6-11-17-20-14-8-3-5-10-16(14)24-17/h2-5,7-10H,6,11-12H2,1H3. The number of aryl methyl sites for hydroxylation is 1. The lowest BCUT2D eigenvalue weighted by molar-refractivity contribution is 0.411. The molecule has 4 aromatic rings. The quantitative estimate of drug-likeness (QED) is 0.349. The van der Waals surface area contributed by atoms with Gasteiger partial charge in [-0.15, -0.1) is 10.2 Å². The van der Waals surface area contributed by atoms with Crippen molar-refractivity contribution in [3.63, 3.8) is 0 Å². The molecule has 0 atom stereocenters. The second-order valence-electron chi connectivity index (χ2n) is 5.60. The van der Waals surface area contributed by atoms with Crippen LogP contribution in [0.15, 0.2) is 62.6 Å². The topological polar surface area (TPSA) is 74.2 Å². The van der Waals surface area contributed by atoms with Gasteiger partial charge in [-0.2, -0.15) is 0 Å². The summed E-state index contributed by atoms with van der Waals surface area (Å²) in [6.07, 6.45) is 1.68. The van der Waals surface area contributed by atoms with E-state index >= 15 is 0 Å². The summed E-state index contributed by atoms with van der Waals surface area (Å²) in [6.45, 7) is 0. The molecule has 0 unspecified atom stereocenters. The highest BCUT2D eigenvalue weighted by molar-refractivity contribution is 7.99. The molecule has 0 N–H and O–H groups in total. The molecule has 6 nitrogen and oxygen atoms in total. The third-order valence-corrected chi connectivity index (χ3v) is 4.75. The van der Waals surface area contributed by atoms with E-state index in [2.05, 4.69) is 15.2 Å². The van der Waals surface area contributed by atoms with Gasteiger partial charge in [-0.3, -0.25) is 0 Å². The lowest BCUT2D eigenvalue weighted by Crippen LogP contribution is -1.87. The summed E-state index contributed by atoms with van der Waals surface area (Å²) in [5, 5.41) is 8.76. The first-order chi connectivity index (χ1) is 12.8. The van der Waals surface area contributed by atoms with Gasteiger partial charge < -0.3 is 13.6 Å². The first-order valence-electron chi connectivity index (χ1n) is 8.27. The molecule has 0 saturated heterocycles. The van der Waals surface area contributed by atoms with Crippen LogP contribution < -0.4 is 4.74 Å². The number of benzene rings is 2. The average Bonchev–Trinajstić information content (AvgIpc) is 3.31. The zero-order valence-electron chi connectivity index (χ0n) is 14.2. The molecule has 0 aliphatic rings. The Morgan fingerprint density at radius 3 is 2.73 bits per heavy atom. The van der Waals surface area contributed by atoms with Crippen LogP contribution in [-0.4, -0.2) is 28.0 Å². The van der Waals surface area contributed by atoms with E-state index < -0.39 is 0 Å². The summed E-state index contributed by atoms with van der Waals surface area (Å²) in [5.41, 5.74) is 2.52. The average molecular weight is 367 g/mol. The molecule has 0 bridgehead atoms. The molecule has 26 heavy (non-hydrogen) atoms. The number of thioether (sulfide) groups is 1. The summed E-state index contributed by atoms with van der Waals surface area (Å²) < 4.78 is 16.8. The van der Waals surface area contributed by atoms with Crippen molar-refractivity contribution in [2.75, 3.05) is 12.9 Å². The Kier molecular flexibility index (Phi) is 4.88. The zero-order chi connectivity index (χ0) is 17.8. The van der Waals surface area contributed by atoms with Crippen LogP contribution in [-0.2, 0) is 6.42 Å². The fraction of sp³-hybridized carbons (Fsp3) is 0.211. The maximum absolute atomic E-state index is 5.73. The van der Waals surface area contributed by atoms with Crippen LogP contribution in [0.1, 0.15) is 12.3 Å². The Hall–Kier alpha value is -2.80. The molecule has 2 aromatic heterocycles. The Morgan fingerprint density at radius 1 is 1.00 bits per heavy atom. The van der Waals surface area contributed by atoms with E-state index in [-0.39, 0.29) is 0 Å². The number of hydrogen-bond donors (Lipinski definition) is 0. The fourth-order valence-corrected chi connectivity index (χ4v) is 3.31. The van der Waals surface area contributed by atoms with Crippen LogP contribution in [0, 0.1) is 0 Å². The molecule has 132 valence electrons. The van der Waals surface area contributed by atoms with Gasteiger partial charge in [-0.05, 0) is 30.7 Å². The predicted octanol–water partition coefficient (Wildman–Crippen LogP) is 4.61. The predicted molar refractivity (Wildman–Crippen MR) is 99.3 cm³/mol. The Balaban J connectivity index is 1.33. The van der Waals surface area contributed by atoms with Crippen molar-refractivity contribution in [2.45, 2.75) is 18.1 Å². The van der Waals surface area contributed by atoms with E-state index in [0.717, 1.165) is 41.1 Å². The molecule has 0 radical (unpaired) electrons. The van der Waals surface area contributed by atoms with Gasteiger partial charge in [0.2, 0.25) is 0 Å². The van der Waals surface area contributed by atoms with Crippen molar-refractivity contribution < 1.29 is 13.6 Å². The van der Waals surface area contributed by atoms with Gasteiger partial charge in [-0.25, -0.2) is 4.98 Å². The van der Waals surface area contributed by atoms with Gasteiger partial charge in [0.1, 0.15) is 11.3 Å². The van der Waals surface area contributed by atoms with Gasteiger partial charge in [0.25, 0.3) is 11.1 Å². The highest BCUT2D eigenvalue weighted by Crippen LogP contribution is 2.30. The molecular formula is C19H17N3O3S. The number of fused-ring (bicyclic) bond motifs is 1. The molecule has 0 amide bonds. The number of methoxy groups -OCH3 is 1. The smallest absolute Gasteiger partial charge is 0.276 e. The largest absolute Gasteiger partial charge is 0.496 e. The third-order valence-electron chi connectivity index (χ3n) is 3.84. The van der Waals surface area contributed by atoms with E-state index in [1.165, 1.54) is 11.8 Å². The molecule has 7 heteroatoms. The minimum Gasteiger partial charge on any atom is -0.496 e. The second kappa shape index (κ2) is 7.61. The molecular weight excluding hydrogens is 350 g/mol.